The van der Waals surface area contributed by atoms with Gasteiger partial charge >= 0.3 is 6.18 Å². The van der Waals surface area contributed by atoms with Crippen LogP contribution in [0.15, 0.2) is 72.8 Å². The van der Waals surface area contributed by atoms with Crippen molar-refractivity contribution in [2.45, 2.75) is 19.6 Å². The Balaban J connectivity index is 1.78. The molecule has 1 aromatic heterocycles. The monoisotopic (exact) mass is 393 g/mol. The van der Waals surface area contributed by atoms with E-state index in [4.69, 9.17) is 0 Å². The number of aryl methyl sites for hydroxylation is 1. The van der Waals surface area contributed by atoms with Gasteiger partial charge in [0, 0.05) is 17.5 Å². The van der Waals surface area contributed by atoms with Gasteiger partial charge < -0.3 is 5.32 Å². The molecule has 0 aliphatic rings. The van der Waals surface area contributed by atoms with Gasteiger partial charge in [0.2, 0.25) is 0 Å². The first-order chi connectivity index (χ1) is 13.9. The van der Waals surface area contributed by atoms with E-state index in [9.17, 15) is 13.2 Å². The van der Waals surface area contributed by atoms with Crippen LogP contribution in [-0.4, -0.2) is 9.97 Å². The maximum absolute atomic E-state index is 13.5. The predicted octanol–water partition coefficient (Wildman–Crippen LogP) is 6.24. The summed E-state index contributed by atoms with van der Waals surface area (Å²) in [5, 5.41) is 4.02. The first-order valence-corrected chi connectivity index (χ1v) is 9.14. The first kappa shape index (κ1) is 18.9. The zero-order chi connectivity index (χ0) is 20.4. The molecule has 6 heteroatoms. The summed E-state index contributed by atoms with van der Waals surface area (Å²) in [5.74, 6) is 0.547. The number of nitrogens with zero attached hydrogens (tertiary/aromatic N) is 2. The Morgan fingerprint density at radius 2 is 1.52 bits per heavy atom. The molecule has 0 bridgehead atoms. The van der Waals surface area contributed by atoms with Crippen LogP contribution >= 0.6 is 0 Å². The van der Waals surface area contributed by atoms with Crippen LogP contribution in [0.25, 0.3) is 22.3 Å². The van der Waals surface area contributed by atoms with Crippen molar-refractivity contribution in [3.63, 3.8) is 0 Å². The van der Waals surface area contributed by atoms with Gasteiger partial charge in [-0.2, -0.15) is 13.2 Å². The highest BCUT2D eigenvalue weighted by molar-refractivity contribution is 5.90. The van der Waals surface area contributed by atoms with E-state index >= 15 is 0 Å². The molecule has 0 saturated carbocycles. The largest absolute Gasteiger partial charge is 0.417 e. The fourth-order valence-corrected chi connectivity index (χ4v) is 3.15. The Hall–Kier alpha value is -3.41. The van der Waals surface area contributed by atoms with Crippen molar-refractivity contribution < 1.29 is 13.2 Å². The van der Waals surface area contributed by atoms with Crippen LogP contribution in [-0.2, 0) is 12.7 Å². The fraction of sp³-hybridized carbons (Fsp3) is 0.130. The summed E-state index contributed by atoms with van der Waals surface area (Å²) in [7, 11) is 0. The Kier molecular flexibility index (Phi) is 4.92. The molecule has 0 unspecified atom stereocenters. The number of fused-ring (bicyclic) bond motifs is 1. The minimum Gasteiger partial charge on any atom is -0.365 e. The number of aromatic nitrogens is 2. The molecule has 4 aromatic rings. The topological polar surface area (TPSA) is 37.8 Å². The third-order valence-corrected chi connectivity index (χ3v) is 4.66. The summed E-state index contributed by atoms with van der Waals surface area (Å²) in [6.45, 7) is 2.52. The van der Waals surface area contributed by atoms with E-state index in [0.29, 0.717) is 17.9 Å². The van der Waals surface area contributed by atoms with Crippen molar-refractivity contribution >= 4 is 16.7 Å². The van der Waals surface area contributed by atoms with Crippen molar-refractivity contribution in [1.82, 2.24) is 9.97 Å². The van der Waals surface area contributed by atoms with Gasteiger partial charge in [-0.1, -0.05) is 60.2 Å². The van der Waals surface area contributed by atoms with E-state index in [1.54, 1.807) is 18.2 Å². The molecule has 0 saturated heterocycles. The minimum absolute atomic E-state index is 0.0378. The van der Waals surface area contributed by atoms with Gasteiger partial charge in [-0.3, -0.25) is 0 Å². The summed E-state index contributed by atoms with van der Waals surface area (Å²) in [4.78, 5) is 8.85. The summed E-state index contributed by atoms with van der Waals surface area (Å²) in [6, 6.07) is 20.7. The van der Waals surface area contributed by atoms with Crippen LogP contribution < -0.4 is 5.32 Å². The Labute approximate surface area is 166 Å². The molecule has 0 atom stereocenters. The van der Waals surface area contributed by atoms with E-state index in [1.807, 2.05) is 43.3 Å². The van der Waals surface area contributed by atoms with Crippen molar-refractivity contribution in [3.05, 3.63) is 89.5 Å². The van der Waals surface area contributed by atoms with Crippen molar-refractivity contribution in [2.24, 2.45) is 0 Å². The summed E-state index contributed by atoms with van der Waals surface area (Å²) >= 11 is 0. The standard InChI is InChI=1S/C23H18F3N3/c1-15-10-12-16(13-11-15)14-27-21-18-7-3-5-9-20(18)28-22(29-21)17-6-2-4-8-19(17)23(24,25)26/h2-13H,14H2,1H3,(H,27,28,29). The summed E-state index contributed by atoms with van der Waals surface area (Å²) in [6.07, 6.45) is -4.49. The van der Waals surface area contributed by atoms with Gasteiger partial charge in [0.15, 0.2) is 5.82 Å². The van der Waals surface area contributed by atoms with Gasteiger partial charge in [0.25, 0.3) is 0 Å². The third kappa shape index (κ3) is 4.06. The van der Waals surface area contributed by atoms with E-state index < -0.39 is 11.7 Å². The molecule has 1 heterocycles. The second-order valence-electron chi connectivity index (χ2n) is 6.80. The number of alkyl halides is 3. The van der Waals surface area contributed by atoms with Crippen molar-refractivity contribution in [2.75, 3.05) is 5.32 Å². The van der Waals surface area contributed by atoms with Crippen LogP contribution in [0.3, 0.4) is 0 Å². The van der Waals surface area contributed by atoms with Crippen LogP contribution in [0.4, 0.5) is 19.0 Å². The lowest BCUT2D eigenvalue weighted by Crippen LogP contribution is -2.09. The van der Waals surface area contributed by atoms with Gasteiger partial charge in [-0.15, -0.1) is 0 Å². The van der Waals surface area contributed by atoms with Crippen LogP contribution in [0.2, 0.25) is 0 Å². The van der Waals surface area contributed by atoms with Gasteiger partial charge in [-0.25, -0.2) is 9.97 Å². The number of hydrogen-bond acceptors (Lipinski definition) is 3. The van der Waals surface area contributed by atoms with Crippen LogP contribution in [0, 0.1) is 6.92 Å². The summed E-state index contributed by atoms with van der Waals surface area (Å²) < 4.78 is 40.4. The highest BCUT2D eigenvalue weighted by Crippen LogP contribution is 2.36. The van der Waals surface area contributed by atoms with E-state index in [0.717, 1.165) is 22.6 Å². The number of nitrogens with one attached hydrogen (secondary N) is 1. The summed E-state index contributed by atoms with van der Waals surface area (Å²) in [5.41, 5.74) is 2.01. The molecule has 4 rings (SSSR count). The number of rotatable bonds is 4. The molecule has 0 spiro atoms. The number of anilines is 1. The molecule has 0 aliphatic heterocycles. The lowest BCUT2D eigenvalue weighted by molar-refractivity contribution is -0.137. The molecule has 146 valence electrons. The van der Waals surface area contributed by atoms with Crippen molar-refractivity contribution in [3.8, 4) is 11.4 Å². The van der Waals surface area contributed by atoms with Crippen LogP contribution in [0.5, 0.6) is 0 Å². The number of para-hydroxylation sites is 1. The molecule has 3 nitrogen and oxygen atoms in total. The van der Waals surface area contributed by atoms with Gasteiger partial charge in [-0.05, 0) is 30.7 Å². The maximum atomic E-state index is 13.5. The lowest BCUT2D eigenvalue weighted by Gasteiger charge is -2.14. The number of hydrogen-bond donors (Lipinski definition) is 1. The zero-order valence-electron chi connectivity index (χ0n) is 15.7. The minimum atomic E-state index is -4.49. The lowest BCUT2D eigenvalue weighted by atomic mass is 10.1. The molecule has 0 amide bonds. The highest BCUT2D eigenvalue weighted by atomic mass is 19.4. The normalized spacial score (nSPS) is 11.6. The molecule has 0 radical (unpaired) electrons. The smallest absolute Gasteiger partial charge is 0.365 e. The van der Waals surface area contributed by atoms with E-state index in [-0.39, 0.29) is 11.4 Å². The Morgan fingerprint density at radius 1 is 0.828 bits per heavy atom. The van der Waals surface area contributed by atoms with Crippen LogP contribution in [0.1, 0.15) is 16.7 Å². The van der Waals surface area contributed by atoms with Gasteiger partial charge in [0.1, 0.15) is 5.82 Å². The predicted molar refractivity (Wildman–Crippen MR) is 108 cm³/mol. The molecule has 0 aliphatic carbocycles. The molecule has 0 fully saturated rings. The molecular weight excluding hydrogens is 375 g/mol. The second kappa shape index (κ2) is 7.54. The van der Waals surface area contributed by atoms with E-state index in [1.165, 1.54) is 12.1 Å². The zero-order valence-corrected chi connectivity index (χ0v) is 15.7. The molecule has 29 heavy (non-hydrogen) atoms. The molecule has 3 aromatic carbocycles. The van der Waals surface area contributed by atoms with E-state index in [2.05, 4.69) is 15.3 Å². The first-order valence-electron chi connectivity index (χ1n) is 9.14. The Morgan fingerprint density at radius 3 is 2.28 bits per heavy atom. The average Bonchev–Trinajstić information content (AvgIpc) is 2.72. The number of halogens is 3. The SMILES string of the molecule is Cc1ccc(CNc2nc(-c3ccccc3C(F)(F)F)nc3ccccc23)cc1. The second-order valence-corrected chi connectivity index (χ2v) is 6.80. The third-order valence-electron chi connectivity index (χ3n) is 4.66. The molecular formula is C23H18F3N3. The average molecular weight is 393 g/mol. The van der Waals surface area contributed by atoms with Crippen molar-refractivity contribution in [1.29, 1.82) is 0 Å². The quantitative estimate of drug-likeness (QED) is 0.446. The highest BCUT2D eigenvalue weighted by Gasteiger charge is 2.34. The van der Waals surface area contributed by atoms with Gasteiger partial charge in [0.05, 0.1) is 11.1 Å². The molecule has 1 N–H and O–H groups in total. The Bertz CT molecular complexity index is 1150. The fourth-order valence-electron chi connectivity index (χ4n) is 3.15. The number of benzene rings is 3. The maximum Gasteiger partial charge on any atom is 0.417 e.